The van der Waals surface area contributed by atoms with Crippen molar-refractivity contribution >= 4 is 40.5 Å². The van der Waals surface area contributed by atoms with Crippen LogP contribution in [0.15, 0.2) is 54.0 Å². The molecule has 2 heterocycles. The van der Waals surface area contributed by atoms with E-state index < -0.39 is 17.5 Å². The average molecular weight is 676 g/mol. The van der Waals surface area contributed by atoms with E-state index in [4.69, 9.17) is 4.74 Å². The number of nitrogens with zero attached hydrogens (tertiary/aromatic N) is 2. The number of carbonyl (C=O) groups excluding carboxylic acids is 4. The minimum Gasteiger partial charge on any atom is -0.385 e. The number of carbonyl (C=O) groups is 4. The fourth-order valence-corrected chi connectivity index (χ4v) is 6.52. The number of rotatable bonds is 16. The van der Waals surface area contributed by atoms with Crippen LogP contribution in [-0.2, 0) is 25.7 Å². The van der Waals surface area contributed by atoms with E-state index in [1.807, 2.05) is 81.7 Å². The molecule has 48 heavy (non-hydrogen) atoms. The molecule has 0 bridgehead atoms. The Labute approximate surface area is 288 Å². The lowest BCUT2D eigenvalue weighted by Crippen LogP contribution is -2.58. The zero-order valence-corrected chi connectivity index (χ0v) is 29.6. The van der Waals surface area contributed by atoms with Gasteiger partial charge in [-0.25, -0.2) is 4.98 Å². The van der Waals surface area contributed by atoms with Crippen LogP contribution in [0.5, 0.6) is 0 Å². The highest BCUT2D eigenvalue weighted by atomic mass is 32.1. The van der Waals surface area contributed by atoms with E-state index in [-0.39, 0.29) is 30.1 Å². The van der Waals surface area contributed by atoms with Crippen molar-refractivity contribution in [1.82, 2.24) is 20.5 Å². The zero-order chi connectivity index (χ0) is 34.7. The normalized spacial score (nSPS) is 15.2. The summed E-state index contributed by atoms with van der Waals surface area (Å²) in [7, 11) is 0. The summed E-state index contributed by atoms with van der Waals surface area (Å²) in [6.07, 6.45) is 3.98. The summed E-state index contributed by atoms with van der Waals surface area (Å²) in [6, 6.07) is 14.1. The number of hydrogen-bond donors (Lipinski definition) is 3. The molecule has 0 radical (unpaired) electrons. The molecule has 2 aromatic carbocycles. The van der Waals surface area contributed by atoms with Crippen molar-refractivity contribution in [2.45, 2.75) is 85.4 Å². The minimum atomic E-state index is -0.791. The number of aromatic nitrogens is 1. The second-order valence-corrected chi connectivity index (χ2v) is 14.3. The molecule has 1 saturated heterocycles. The van der Waals surface area contributed by atoms with Gasteiger partial charge in [-0.15, -0.1) is 11.3 Å². The van der Waals surface area contributed by atoms with E-state index in [2.05, 4.69) is 20.9 Å². The summed E-state index contributed by atoms with van der Waals surface area (Å²) in [5, 5.41) is 9.24. The van der Waals surface area contributed by atoms with Crippen LogP contribution < -0.4 is 16.0 Å². The maximum absolute atomic E-state index is 13.8. The molecule has 11 heteroatoms. The number of anilines is 1. The highest BCUT2D eigenvalue weighted by Crippen LogP contribution is 2.28. The molecule has 0 aliphatic carbocycles. The van der Waals surface area contributed by atoms with Gasteiger partial charge in [0.15, 0.2) is 5.78 Å². The standard InChI is InChI=1S/C37H49N5O5S/c1-25-33(48-24-40-25)29-13-11-27(12-14-29)22-39-35(45)31-10-9-20-42(31)36(46)34(37(3,4)5)41-32(44)23-47-21-8-6-7-19-38-30-17-15-28(16-18-30)26(2)43/h11-18,24,31,34,38H,6-10,19-23H2,1-5H3,(H,39,45)(H,41,44)/t31-,34+/m0/s1. The molecule has 3 N–H and O–H groups in total. The maximum Gasteiger partial charge on any atom is 0.246 e. The fourth-order valence-electron chi connectivity index (χ4n) is 5.71. The summed E-state index contributed by atoms with van der Waals surface area (Å²) in [5.74, 6) is -0.739. The number of hydrogen-bond acceptors (Lipinski definition) is 8. The molecule has 1 aliphatic heterocycles. The van der Waals surface area contributed by atoms with Crippen molar-refractivity contribution in [3.05, 3.63) is 70.9 Å². The number of thiazole rings is 1. The van der Waals surface area contributed by atoms with Gasteiger partial charge in [0, 0.05) is 37.5 Å². The van der Waals surface area contributed by atoms with Gasteiger partial charge in [0.1, 0.15) is 18.7 Å². The van der Waals surface area contributed by atoms with Gasteiger partial charge in [-0.3, -0.25) is 19.2 Å². The first-order valence-electron chi connectivity index (χ1n) is 16.7. The number of aryl methyl sites for hydroxylation is 1. The Morgan fingerprint density at radius 1 is 1.02 bits per heavy atom. The van der Waals surface area contributed by atoms with E-state index >= 15 is 0 Å². The predicted molar refractivity (Wildman–Crippen MR) is 190 cm³/mol. The molecule has 10 nitrogen and oxygen atoms in total. The molecule has 3 aromatic rings. The average Bonchev–Trinajstić information content (AvgIpc) is 3.73. The lowest BCUT2D eigenvalue weighted by Gasteiger charge is -2.35. The highest BCUT2D eigenvalue weighted by molar-refractivity contribution is 7.13. The number of ether oxygens (including phenoxy) is 1. The first-order chi connectivity index (χ1) is 22.9. The van der Waals surface area contributed by atoms with Crippen molar-refractivity contribution < 1.29 is 23.9 Å². The third-order valence-corrected chi connectivity index (χ3v) is 9.48. The molecular formula is C37H49N5O5S. The van der Waals surface area contributed by atoms with Crippen molar-refractivity contribution in [2.24, 2.45) is 5.41 Å². The van der Waals surface area contributed by atoms with Gasteiger partial charge >= 0.3 is 0 Å². The molecular weight excluding hydrogens is 627 g/mol. The zero-order valence-electron chi connectivity index (χ0n) is 28.8. The lowest BCUT2D eigenvalue weighted by molar-refractivity contribution is -0.144. The number of nitrogens with one attached hydrogen (secondary N) is 3. The van der Waals surface area contributed by atoms with Gasteiger partial charge in [0.2, 0.25) is 17.7 Å². The predicted octanol–water partition coefficient (Wildman–Crippen LogP) is 5.76. The molecule has 1 aliphatic rings. The Bertz CT molecular complexity index is 1530. The Hall–Kier alpha value is -4.09. The van der Waals surface area contributed by atoms with Crippen LogP contribution in [0.1, 0.15) is 81.4 Å². The van der Waals surface area contributed by atoms with Crippen LogP contribution in [0.2, 0.25) is 0 Å². The van der Waals surface area contributed by atoms with Crippen molar-refractivity contribution in [2.75, 3.05) is 31.6 Å². The van der Waals surface area contributed by atoms with Crippen molar-refractivity contribution in [3.8, 4) is 10.4 Å². The minimum absolute atomic E-state index is 0.0490. The van der Waals surface area contributed by atoms with E-state index in [0.717, 1.165) is 59.6 Å². The third-order valence-electron chi connectivity index (χ3n) is 8.50. The number of amides is 3. The molecule has 0 unspecified atom stereocenters. The summed E-state index contributed by atoms with van der Waals surface area (Å²) in [5.41, 5.74) is 6.00. The maximum atomic E-state index is 13.8. The van der Waals surface area contributed by atoms with Crippen LogP contribution in [0.25, 0.3) is 10.4 Å². The van der Waals surface area contributed by atoms with Crippen molar-refractivity contribution in [1.29, 1.82) is 0 Å². The van der Waals surface area contributed by atoms with Crippen LogP contribution in [0.4, 0.5) is 5.69 Å². The number of Topliss-reactive ketones (excluding diaryl/α,β-unsaturated/α-hetero) is 1. The Kier molecular flexibility index (Phi) is 13.3. The van der Waals surface area contributed by atoms with E-state index in [1.54, 1.807) is 23.2 Å². The van der Waals surface area contributed by atoms with E-state index in [0.29, 0.717) is 31.7 Å². The Balaban J connectivity index is 1.18. The van der Waals surface area contributed by atoms with E-state index in [9.17, 15) is 19.2 Å². The Morgan fingerprint density at radius 2 is 1.75 bits per heavy atom. The summed E-state index contributed by atoms with van der Waals surface area (Å²) < 4.78 is 5.63. The molecule has 2 atom stereocenters. The topological polar surface area (TPSA) is 130 Å². The van der Waals surface area contributed by atoms with Crippen molar-refractivity contribution in [3.63, 3.8) is 0 Å². The fraction of sp³-hybridized carbons (Fsp3) is 0.486. The second-order valence-electron chi connectivity index (χ2n) is 13.4. The van der Waals surface area contributed by atoms with Gasteiger partial charge in [0.25, 0.3) is 0 Å². The molecule has 0 spiro atoms. The molecule has 1 aromatic heterocycles. The number of unbranched alkanes of at least 4 members (excludes halogenated alkanes) is 2. The van der Waals surface area contributed by atoms with Gasteiger partial charge < -0.3 is 25.6 Å². The summed E-state index contributed by atoms with van der Waals surface area (Å²) in [6.45, 7) is 11.2. The van der Waals surface area contributed by atoms with Gasteiger partial charge in [0.05, 0.1) is 16.1 Å². The quantitative estimate of drug-likeness (QED) is 0.130. The third kappa shape index (κ3) is 10.5. The smallest absolute Gasteiger partial charge is 0.246 e. The van der Waals surface area contributed by atoms with E-state index in [1.165, 1.54) is 0 Å². The summed E-state index contributed by atoms with van der Waals surface area (Å²) in [4.78, 5) is 58.4. The largest absolute Gasteiger partial charge is 0.385 e. The Morgan fingerprint density at radius 3 is 2.40 bits per heavy atom. The molecule has 258 valence electrons. The monoisotopic (exact) mass is 675 g/mol. The molecule has 1 fully saturated rings. The number of benzene rings is 2. The van der Waals surface area contributed by atoms with Gasteiger partial charge in [-0.2, -0.15) is 0 Å². The van der Waals surface area contributed by atoms with Gasteiger partial charge in [-0.1, -0.05) is 45.0 Å². The SMILES string of the molecule is CC(=O)c1ccc(NCCCCCOCC(=O)N[C@H](C(=O)N2CCC[C@H]2C(=O)NCc2ccc(-c3scnc3C)cc2)C(C)(C)C)cc1. The van der Waals surface area contributed by atoms with Crippen LogP contribution in [0, 0.1) is 12.3 Å². The first kappa shape index (κ1) is 36.7. The first-order valence-corrected chi connectivity index (χ1v) is 17.6. The number of ketones is 1. The van der Waals surface area contributed by atoms with Crippen LogP contribution in [-0.4, -0.2) is 71.8 Å². The molecule has 4 rings (SSSR count). The summed E-state index contributed by atoms with van der Waals surface area (Å²) >= 11 is 1.60. The molecule has 0 saturated carbocycles. The van der Waals surface area contributed by atoms with Crippen LogP contribution >= 0.6 is 11.3 Å². The number of likely N-dealkylation sites (tertiary alicyclic amines) is 1. The molecule has 3 amide bonds. The van der Waals surface area contributed by atoms with Gasteiger partial charge in [-0.05, 0) is 86.8 Å². The highest BCUT2D eigenvalue weighted by Gasteiger charge is 2.41. The lowest BCUT2D eigenvalue weighted by atomic mass is 9.85. The van der Waals surface area contributed by atoms with Crippen LogP contribution in [0.3, 0.4) is 0 Å². The second kappa shape index (κ2) is 17.3.